The van der Waals surface area contributed by atoms with Crippen molar-refractivity contribution in [3.8, 4) is 0 Å². The van der Waals surface area contributed by atoms with E-state index in [0.29, 0.717) is 29.0 Å². The van der Waals surface area contributed by atoms with Gasteiger partial charge in [-0.25, -0.2) is 14.4 Å². The first-order valence-electron chi connectivity index (χ1n) is 18.4. The Bertz CT molecular complexity index is 1850. The third kappa shape index (κ3) is 4.22. The van der Waals surface area contributed by atoms with E-state index in [0.717, 1.165) is 44.3 Å². The number of hydrogen-bond acceptors (Lipinski definition) is 7. The molecule has 50 heavy (non-hydrogen) atoms. The number of benzene rings is 3. The van der Waals surface area contributed by atoms with Gasteiger partial charge < -0.3 is 14.2 Å². The van der Waals surface area contributed by atoms with Crippen LogP contribution in [0.3, 0.4) is 0 Å². The van der Waals surface area contributed by atoms with Crippen molar-refractivity contribution in [1.29, 1.82) is 0 Å². The van der Waals surface area contributed by atoms with E-state index in [2.05, 4.69) is 25.3 Å². The van der Waals surface area contributed by atoms with Crippen LogP contribution in [0.15, 0.2) is 103 Å². The molecular formula is C43H45NO6. The molecule has 2 spiro atoms. The van der Waals surface area contributed by atoms with Gasteiger partial charge in [-0.05, 0) is 104 Å². The molecule has 258 valence electrons. The summed E-state index contributed by atoms with van der Waals surface area (Å²) in [6.07, 6.45) is 2.84. The van der Waals surface area contributed by atoms with Crippen LogP contribution in [0.1, 0.15) is 77.0 Å². The number of hydrogen-bond donors (Lipinski definition) is 0. The van der Waals surface area contributed by atoms with Gasteiger partial charge in [0.2, 0.25) is 0 Å². The second-order valence-corrected chi connectivity index (χ2v) is 16.1. The van der Waals surface area contributed by atoms with E-state index in [1.54, 1.807) is 24.3 Å². The standard InChI is InChI=1S/C43H45NO6/c1-4-44-25-41(3)21-20-35(49-39(46)28-16-10-6-11-17-28)43-33(41)22-31(36(43)44)42-24-30(26(2)37(42)50-40(47)29-18-12-7-13-19-29)32(23-34(42)43)48-38(45)27-14-8-5-9-15-27/h5-19,30-37H,2,4,20-25H2,1,3H3/t30-,31+,32-,33?,34?,35-,36+,37+,41-,42-,43-/m0/s1. The van der Waals surface area contributed by atoms with E-state index in [4.69, 9.17) is 14.2 Å². The Labute approximate surface area is 294 Å². The van der Waals surface area contributed by atoms with Crippen molar-refractivity contribution >= 4 is 17.9 Å². The normalized spacial score (nSPS) is 39.0. The highest BCUT2D eigenvalue weighted by atomic mass is 16.6. The zero-order chi connectivity index (χ0) is 34.4. The molecule has 5 saturated carbocycles. The highest BCUT2D eigenvalue weighted by molar-refractivity contribution is 5.90. The lowest BCUT2D eigenvalue weighted by atomic mass is 9.43. The smallest absolute Gasteiger partial charge is 0.338 e. The molecule has 3 aromatic carbocycles. The fraction of sp³-hybridized carbons (Fsp3) is 0.465. The molecule has 0 radical (unpaired) electrons. The maximum Gasteiger partial charge on any atom is 0.338 e. The molecule has 6 fully saturated rings. The van der Waals surface area contributed by atoms with Gasteiger partial charge in [0.25, 0.3) is 0 Å². The van der Waals surface area contributed by atoms with Crippen LogP contribution < -0.4 is 0 Å². The van der Waals surface area contributed by atoms with Crippen molar-refractivity contribution < 1.29 is 28.6 Å². The molecule has 3 aromatic rings. The summed E-state index contributed by atoms with van der Waals surface area (Å²) in [7, 11) is 0. The Hall–Kier alpha value is -4.23. The number of fused-ring (bicyclic) bond motifs is 1. The molecule has 7 nitrogen and oxygen atoms in total. The number of nitrogens with zero attached hydrogens (tertiary/aromatic N) is 1. The monoisotopic (exact) mass is 671 g/mol. The van der Waals surface area contributed by atoms with E-state index in [-0.39, 0.29) is 58.6 Å². The zero-order valence-corrected chi connectivity index (χ0v) is 28.8. The van der Waals surface area contributed by atoms with Crippen molar-refractivity contribution in [3.05, 3.63) is 120 Å². The number of ether oxygens (including phenoxy) is 3. The van der Waals surface area contributed by atoms with Crippen LogP contribution >= 0.6 is 0 Å². The maximum absolute atomic E-state index is 13.9. The first-order valence-corrected chi connectivity index (χ1v) is 18.4. The quantitative estimate of drug-likeness (QED) is 0.147. The summed E-state index contributed by atoms with van der Waals surface area (Å²) in [5, 5.41) is 0. The van der Waals surface area contributed by atoms with Crippen LogP contribution in [0.5, 0.6) is 0 Å². The molecule has 2 unspecified atom stereocenters. The molecule has 7 heteroatoms. The van der Waals surface area contributed by atoms with Gasteiger partial charge in [0.1, 0.15) is 18.3 Å². The van der Waals surface area contributed by atoms with E-state index >= 15 is 0 Å². The Morgan fingerprint density at radius 2 is 1.34 bits per heavy atom. The number of carbonyl (C=O) groups excluding carboxylic acids is 3. The minimum Gasteiger partial charge on any atom is -0.458 e. The zero-order valence-electron chi connectivity index (χ0n) is 28.8. The first kappa shape index (κ1) is 31.7. The van der Waals surface area contributed by atoms with E-state index in [1.807, 2.05) is 66.7 Å². The fourth-order valence-electron chi connectivity index (χ4n) is 12.7. The molecular weight excluding hydrogens is 626 g/mol. The summed E-state index contributed by atoms with van der Waals surface area (Å²) in [6, 6.07) is 27.8. The number of esters is 3. The average molecular weight is 672 g/mol. The van der Waals surface area contributed by atoms with Crippen molar-refractivity contribution in [1.82, 2.24) is 4.90 Å². The maximum atomic E-state index is 13.9. The van der Waals surface area contributed by atoms with Crippen LogP contribution in [0.25, 0.3) is 0 Å². The highest BCUT2D eigenvalue weighted by Gasteiger charge is 2.86. The van der Waals surface area contributed by atoms with Crippen LogP contribution in [-0.2, 0) is 14.2 Å². The lowest BCUT2D eigenvalue weighted by Crippen LogP contribution is -2.69. The van der Waals surface area contributed by atoms with Gasteiger partial charge in [0.05, 0.1) is 16.7 Å². The van der Waals surface area contributed by atoms with Gasteiger partial charge in [-0.3, -0.25) is 4.90 Å². The highest BCUT2D eigenvalue weighted by Crippen LogP contribution is 2.84. The molecule has 9 rings (SSSR count). The van der Waals surface area contributed by atoms with Gasteiger partial charge in [0.15, 0.2) is 0 Å². The number of piperidine rings is 1. The van der Waals surface area contributed by atoms with Gasteiger partial charge in [-0.15, -0.1) is 0 Å². The summed E-state index contributed by atoms with van der Waals surface area (Å²) in [4.78, 5) is 44.2. The lowest BCUT2D eigenvalue weighted by molar-refractivity contribution is -0.218. The van der Waals surface area contributed by atoms with Crippen molar-refractivity contribution in [3.63, 3.8) is 0 Å². The Morgan fingerprint density at radius 1 is 0.780 bits per heavy atom. The second kappa shape index (κ2) is 11.4. The Morgan fingerprint density at radius 3 is 1.92 bits per heavy atom. The lowest BCUT2D eigenvalue weighted by Gasteiger charge is -2.65. The van der Waals surface area contributed by atoms with Crippen LogP contribution in [0.4, 0.5) is 0 Å². The largest absolute Gasteiger partial charge is 0.458 e. The summed E-state index contributed by atoms with van der Waals surface area (Å²) in [5.41, 5.74) is 1.69. The topological polar surface area (TPSA) is 82.1 Å². The molecule has 7 bridgehead atoms. The summed E-state index contributed by atoms with van der Waals surface area (Å²) < 4.78 is 19.9. The van der Waals surface area contributed by atoms with E-state index in [1.165, 1.54) is 0 Å². The van der Waals surface area contributed by atoms with Gasteiger partial charge in [-0.2, -0.15) is 0 Å². The fourth-order valence-corrected chi connectivity index (χ4v) is 12.7. The number of rotatable bonds is 7. The van der Waals surface area contributed by atoms with Crippen molar-refractivity contribution in [2.24, 2.45) is 39.9 Å². The molecule has 0 aromatic heterocycles. The summed E-state index contributed by atoms with van der Waals surface area (Å²) in [6.45, 7) is 11.2. The molecule has 11 atom stereocenters. The molecule has 1 aliphatic heterocycles. The number of likely N-dealkylation sites (tertiary alicyclic amines) is 1. The predicted molar refractivity (Wildman–Crippen MR) is 187 cm³/mol. The van der Waals surface area contributed by atoms with Gasteiger partial charge >= 0.3 is 17.9 Å². The first-order chi connectivity index (χ1) is 24.2. The Balaban J connectivity index is 1.18. The molecule has 0 amide bonds. The Kier molecular flexibility index (Phi) is 7.23. The molecule has 6 aliphatic rings. The van der Waals surface area contributed by atoms with Crippen molar-refractivity contribution in [2.75, 3.05) is 13.1 Å². The SMILES string of the molecule is C=C1[C@@H](OC(=O)c2ccccc2)[C@]23C[C@@H]1[C@@H](OC(=O)c1ccccc1)CC2[C@]12C4C[C@@H]3[C@H]1N(CC)C[C@]4(C)CC[C@@H]2OC(=O)c1ccccc1. The van der Waals surface area contributed by atoms with Crippen LogP contribution in [0.2, 0.25) is 0 Å². The average Bonchev–Trinajstić information content (AvgIpc) is 3.67. The summed E-state index contributed by atoms with van der Waals surface area (Å²) in [5.74, 6) is -0.600. The van der Waals surface area contributed by atoms with E-state index in [9.17, 15) is 14.4 Å². The van der Waals surface area contributed by atoms with E-state index < -0.39 is 17.6 Å². The van der Waals surface area contributed by atoms with Crippen molar-refractivity contribution in [2.45, 2.75) is 70.3 Å². The van der Waals surface area contributed by atoms with Gasteiger partial charge in [0, 0.05) is 29.3 Å². The van der Waals surface area contributed by atoms with Crippen LogP contribution in [-0.4, -0.2) is 60.3 Å². The van der Waals surface area contributed by atoms with Gasteiger partial charge in [-0.1, -0.05) is 75.0 Å². The minimum absolute atomic E-state index is 0.0102. The molecule has 5 aliphatic carbocycles. The second-order valence-electron chi connectivity index (χ2n) is 16.1. The molecule has 1 saturated heterocycles. The third-order valence-electron chi connectivity index (χ3n) is 14.2. The summed E-state index contributed by atoms with van der Waals surface area (Å²) >= 11 is 0. The minimum atomic E-state index is -0.533. The number of carbonyl (C=O) groups is 3. The molecule has 1 heterocycles. The molecule has 0 N–H and O–H groups in total. The third-order valence-corrected chi connectivity index (χ3v) is 14.2. The van der Waals surface area contributed by atoms with Crippen LogP contribution in [0, 0.1) is 39.9 Å². The predicted octanol–water partition coefficient (Wildman–Crippen LogP) is 7.39.